The second-order valence-electron chi connectivity index (χ2n) is 6.37. The lowest BCUT2D eigenvalue weighted by atomic mass is 10.1. The van der Waals surface area contributed by atoms with E-state index >= 15 is 0 Å². The molecule has 27 heavy (non-hydrogen) atoms. The van der Waals surface area contributed by atoms with Crippen LogP contribution < -0.4 is 5.32 Å². The van der Waals surface area contributed by atoms with Crippen LogP contribution in [0.4, 0.5) is 5.69 Å². The summed E-state index contributed by atoms with van der Waals surface area (Å²) in [4.78, 5) is 30.1. The lowest BCUT2D eigenvalue weighted by Crippen LogP contribution is -2.45. The van der Waals surface area contributed by atoms with Gasteiger partial charge < -0.3 is 15.3 Å². The van der Waals surface area contributed by atoms with Gasteiger partial charge in [-0.15, -0.1) is 0 Å². The number of rotatable bonds is 4. The van der Waals surface area contributed by atoms with Crippen LogP contribution >= 0.6 is 11.6 Å². The van der Waals surface area contributed by atoms with E-state index in [1.807, 2.05) is 12.1 Å². The van der Waals surface area contributed by atoms with Crippen molar-refractivity contribution in [1.82, 2.24) is 10.2 Å². The molecule has 3 rings (SSSR count). The van der Waals surface area contributed by atoms with Crippen LogP contribution in [-0.4, -0.2) is 40.5 Å². The van der Waals surface area contributed by atoms with Gasteiger partial charge in [0, 0.05) is 30.1 Å². The predicted molar refractivity (Wildman–Crippen MR) is 101 cm³/mol. The molecule has 1 aliphatic heterocycles. The molecule has 1 heterocycles. The Kier molecular flexibility index (Phi) is 5.75. The Morgan fingerprint density at radius 1 is 1.26 bits per heavy atom. The smallest absolute Gasteiger partial charge is 0.253 e. The van der Waals surface area contributed by atoms with E-state index in [1.165, 1.54) is 11.0 Å². The first kappa shape index (κ1) is 18.9. The molecule has 138 valence electrons. The third kappa shape index (κ3) is 4.45. The number of hydrogen-bond donors (Lipinski definition) is 2. The lowest BCUT2D eigenvalue weighted by Gasteiger charge is -2.24. The standard InChI is InChI=1S/C20H18ClN3O3/c1-22-16-4-2-3-14(9-16)20(27)24-12-17(25)10-18(24)19(26)23-11-13-5-7-15(21)8-6-13/h2-9,17-18,25H,10-12H2,(H,23,26)/t17-,18+/m1/s1. The minimum atomic E-state index is -0.760. The quantitative estimate of drug-likeness (QED) is 0.797. The molecule has 0 saturated carbocycles. The van der Waals surface area contributed by atoms with E-state index in [9.17, 15) is 14.7 Å². The largest absolute Gasteiger partial charge is 0.391 e. The summed E-state index contributed by atoms with van der Waals surface area (Å²) in [7, 11) is 0. The maximum atomic E-state index is 12.8. The Hall–Kier alpha value is -2.88. The Labute approximate surface area is 162 Å². The fraction of sp³-hybridized carbons (Fsp3) is 0.250. The summed E-state index contributed by atoms with van der Waals surface area (Å²) in [5.74, 6) is -0.695. The Balaban J connectivity index is 1.71. The summed E-state index contributed by atoms with van der Waals surface area (Å²) in [5.41, 5.74) is 1.56. The second-order valence-corrected chi connectivity index (χ2v) is 6.81. The van der Waals surface area contributed by atoms with E-state index in [-0.39, 0.29) is 24.8 Å². The average molecular weight is 384 g/mol. The molecule has 1 aliphatic rings. The van der Waals surface area contributed by atoms with Crippen LogP contribution in [0.15, 0.2) is 48.5 Å². The summed E-state index contributed by atoms with van der Waals surface area (Å²) >= 11 is 5.85. The highest BCUT2D eigenvalue weighted by Gasteiger charge is 2.39. The van der Waals surface area contributed by atoms with Crippen LogP contribution in [0, 0.1) is 6.57 Å². The van der Waals surface area contributed by atoms with Crippen molar-refractivity contribution in [2.24, 2.45) is 0 Å². The van der Waals surface area contributed by atoms with Gasteiger partial charge in [-0.2, -0.15) is 0 Å². The van der Waals surface area contributed by atoms with Crippen LogP contribution in [0.1, 0.15) is 22.3 Å². The first-order valence-electron chi connectivity index (χ1n) is 8.46. The van der Waals surface area contributed by atoms with Crippen LogP contribution in [0.25, 0.3) is 4.85 Å². The first-order chi connectivity index (χ1) is 13.0. The van der Waals surface area contributed by atoms with Gasteiger partial charge in [0.25, 0.3) is 5.91 Å². The predicted octanol–water partition coefficient (Wildman–Crippen LogP) is 2.78. The van der Waals surface area contributed by atoms with Crippen LogP contribution in [0.3, 0.4) is 0 Å². The normalized spacial score (nSPS) is 18.8. The van der Waals surface area contributed by atoms with Crippen LogP contribution in [0.5, 0.6) is 0 Å². The number of amides is 2. The zero-order chi connectivity index (χ0) is 19.4. The monoisotopic (exact) mass is 383 g/mol. The number of nitrogens with zero attached hydrogens (tertiary/aromatic N) is 2. The number of benzene rings is 2. The number of nitrogens with one attached hydrogen (secondary N) is 1. The van der Waals surface area contributed by atoms with E-state index in [0.717, 1.165) is 5.56 Å². The van der Waals surface area contributed by atoms with Gasteiger partial charge in [0.1, 0.15) is 6.04 Å². The molecule has 7 heteroatoms. The van der Waals surface area contributed by atoms with Gasteiger partial charge in [-0.1, -0.05) is 41.9 Å². The molecule has 2 amide bonds. The number of carbonyl (C=O) groups is 2. The molecule has 1 fully saturated rings. The van der Waals surface area contributed by atoms with Gasteiger partial charge >= 0.3 is 0 Å². The molecule has 0 unspecified atom stereocenters. The molecule has 0 aromatic heterocycles. The van der Waals surface area contributed by atoms with E-state index < -0.39 is 12.1 Å². The van der Waals surface area contributed by atoms with Crippen molar-refractivity contribution < 1.29 is 14.7 Å². The summed E-state index contributed by atoms with van der Waals surface area (Å²) < 4.78 is 0. The molecule has 0 radical (unpaired) electrons. The number of halogens is 1. The maximum absolute atomic E-state index is 12.8. The highest BCUT2D eigenvalue weighted by molar-refractivity contribution is 6.30. The second kappa shape index (κ2) is 8.21. The average Bonchev–Trinajstić information content (AvgIpc) is 3.08. The van der Waals surface area contributed by atoms with Crippen molar-refractivity contribution in [3.05, 3.63) is 76.1 Å². The van der Waals surface area contributed by atoms with Crippen molar-refractivity contribution >= 4 is 29.1 Å². The highest BCUT2D eigenvalue weighted by Crippen LogP contribution is 2.23. The minimum absolute atomic E-state index is 0.0834. The van der Waals surface area contributed by atoms with Crippen LogP contribution in [-0.2, 0) is 11.3 Å². The molecule has 6 nitrogen and oxygen atoms in total. The van der Waals surface area contributed by atoms with Crippen molar-refractivity contribution in [3.8, 4) is 0 Å². The number of hydrogen-bond acceptors (Lipinski definition) is 3. The summed E-state index contributed by atoms with van der Waals surface area (Å²) in [6.07, 6.45) is -0.579. The summed E-state index contributed by atoms with van der Waals surface area (Å²) in [6, 6.07) is 12.7. The number of aliphatic hydroxyl groups is 1. The van der Waals surface area contributed by atoms with E-state index in [4.69, 9.17) is 18.2 Å². The molecular formula is C20H18ClN3O3. The molecular weight excluding hydrogens is 366 g/mol. The topological polar surface area (TPSA) is 74.0 Å². The van der Waals surface area contributed by atoms with Gasteiger partial charge in [-0.05, 0) is 23.8 Å². The zero-order valence-corrected chi connectivity index (χ0v) is 15.2. The molecule has 1 saturated heterocycles. The zero-order valence-electron chi connectivity index (χ0n) is 14.4. The van der Waals surface area contributed by atoms with E-state index in [2.05, 4.69) is 10.2 Å². The number of carbonyl (C=O) groups excluding carboxylic acids is 2. The molecule has 2 aromatic carbocycles. The molecule has 2 aromatic rings. The highest BCUT2D eigenvalue weighted by atomic mass is 35.5. The first-order valence-corrected chi connectivity index (χ1v) is 8.84. The van der Waals surface area contributed by atoms with E-state index in [0.29, 0.717) is 22.8 Å². The number of likely N-dealkylation sites (tertiary alicyclic amines) is 1. The minimum Gasteiger partial charge on any atom is -0.391 e. The van der Waals surface area contributed by atoms with Crippen LogP contribution in [0.2, 0.25) is 5.02 Å². The Bertz CT molecular complexity index is 892. The van der Waals surface area contributed by atoms with Crippen molar-refractivity contribution in [1.29, 1.82) is 0 Å². The number of aliphatic hydroxyl groups excluding tert-OH is 1. The van der Waals surface area contributed by atoms with Gasteiger partial charge in [0.2, 0.25) is 5.91 Å². The van der Waals surface area contributed by atoms with Gasteiger partial charge in [0.15, 0.2) is 5.69 Å². The van der Waals surface area contributed by atoms with Gasteiger partial charge in [-0.3, -0.25) is 9.59 Å². The maximum Gasteiger partial charge on any atom is 0.253 e. The van der Waals surface area contributed by atoms with Crippen molar-refractivity contribution in [2.45, 2.75) is 25.1 Å². The number of β-amino-alcohol motifs (C(OH)–C–C–N with tert-alkyl or cyclic N) is 1. The summed E-state index contributed by atoms with van der Waals surface area (Å²) in [6.45, 7) is 7.45. The SMILES string of the molecule is [C-]#[N+]c1cccc(C(=O)N2C[C@H](O)C[C@H]2C(=O)NCc2ccc(Cl)cc2)c1. The Morgan fingerprint density at radius 2 is 2.00 bits per heavy atom. The lowest BCUT2D eigenvalue weighted by molar-refractivity contribution is -0.125. The third-order valence-corrected chi connectivity index (χ3v) is 4.70. The molecule has 0 spiro atoms. The molecule has 0 aliphatic carbocycles. The Morgan fingerprint density at radius 3 is 2.70 bits per heavy atom. The molecule has 2 N–H and O–H groups in total. The van der Waals surface area contributed by atoms with Crippen molar-refractivity contribution in [3.63, 3.8) is 0 Å². The third-order valence-electron chi connectivity index (χ3n) is 4.44. The fourth-order valence-electron chi connectivity index (χ4n) is 3.07. The van der Waals surface area contributed by atoms with Gasteiger partial charge in [0.05, 0.1) is 12.7 Å². The molecule has 2 atom stereocenters. The summed E-state index contributed by atoms with van der Waals surface area (Å²) in [5, 5.41) is 13.4. The van der Waals surface area contributed by atoms with Gasteiger partial charge in [-0.25, -0.2) is 4.85 Å². The van der Waals surface area contributed by atoms with E-state index in [1.54, 1.807) is 30.3 Å². The fourth-order valence-corrected chi connectivity index (χ4v) is 3.20. The molecule has 0 bridgehead atoms. The van der Waals surface area contributed by atoms with Crippen molar-refractivity contribution in [2.75, 3.05) is 6.54 Å².